The molecule has 1 aromatic rings. The van der Waals surface area contributed by atoms with E-state index in [0.29, 0.717) is 6.61 Å². The van der Waals surface area contributed by atoms with Crippen LogP contribution in [0.2, 0.25) is 0 Å². The molecule has 0 spiro atoms. The molecule has 0 aliphatic rings. The van der Waals surface area contributed by atoms with Gasteiger partial charge in [-0.1, -0.05) is 28.1 Å². The van der Waals surface area contributed by atoms with Crippen LogP contribution >= 0.6 is 15.9 Å². The van der Waals surface area contributed by atoms with E-state index in [9.17, 15) is 4.79 Å². The number of amides is 1. The maximum absolute atomic E-state index is 11.5. The molecule has 1 rings (SSSR count). The molecule has 0 radical (unpaired) electrons. The zero-order valence-corrected chi connectivity index (χ0v) is 12.0. The van der Waals surface area contributed by atoms with Gasteiger partial charge < -0.3 is 10.1 Å². The second kappa shape index (κ2) is 6.64. The lowest BCUT2D eigenvalue weighted by Gasteiger charge is -2.16. The molecular formula is C13H18BrNO2. The lowest BCUT2D eigenvalue weighted by atomic mass is 10.1. The molecule has 3 nitrogen and oxygen atoms in total. The predicted molar refractivity (Wildman–Crippen MR) is 72.6 cm³/mol. The van der Waals surface area contributed by atoms with Gasteiger partial charge in [0.1, 0.15) is 5.75 Å². The number of nitrogens with one attached hydrogen (secondary N) is 1. The van der Waals surface area contributed by atoms with Crippen molar-refractivity contribution in [1.29, 1.82) is 0 Å². The van der Waals surface area contributed by atoms with Crippen LogP contribution in [0, 0.1) is 0 Å². The highest BCUT2D eigenvalue weighted by atomic mass is 79.9. The van der Waals surface area contributed by atoms with Crippen molar-refractivity contribution in [3.63, 3.8) is 0 Å². The van der Waals surface area contributed by atoms with Gasteiger partial charge in [-0.15, -0.1) is 0 Å². The van der Waals surface area contributed by atoms with Gasteiger partial charge in [0, 0.05) is 0 Å². The largest absolute Gasteiger partial charge is 0.494 e. The van der Waals surface area contributed by atoms with Crippen LogP contribution < -0.4 is 10.1 Å². The van der Waals surface area contributed by atoms with Crippen LogP contribution in [0.1, 0.15) is 32.4 Å². The molecule has 1 amide bonds. The highest BCUT2D eigenvalue weighted by Crippen LogP contribution is 2.19. The maximum Gasteiger partial charge on any atom is 0.233 e. The Morgan fingerprint density at radius 2 is 2.18 bits per heavy atom. The number of rotatable bonds is 5. The molecule has 1 N–H and O–H groups in total. The maximum atomic E-state index is 11.5. The van der Waals surface area contributed by atoms with Crippen molar-refractivity contribution in [2.75, 3.05) is 6.61 Å². The SMILES string of the molecule is CCOc1cccc([C@H](C)NC(=O)[C@@H](C)Br)c1. The summed E-state index contributed by atoms with van der Waals surface area (Å²) in [5.41, 5.74) is 1.04. The minimum atomic E-state index is -0.181. The van der Waals surface area contributed by atoms with E-state index in [1.54, 1.807) is 6.92 Å². The summed E-state index contributed by atoms with van der Waals surface area (Å²) in [5.74, 6) is 0.817. The summed E-state index contributed by atoms with van der Waals surface area (Å²) in [6, 6.07) is 7.75. The van der Waals surface area contributed by atoms with E-state index in [4.69, 9.17) is 4.74 Å². The minimum absolute atomic E-state index is 0.0145. The molecule has 0 fully saturated rings. The second-order valence-corrected chi connectivity index (χ2v) is 5.23. The van der Waals surface area contributed by atoms with Gasteiger partial charge in [0.25, 0.3) is 0 Å². The second-order valence-electron chi connectivity index (χ2n) is 3.85. The van der Waals surface area contributed by atoms with Gasteiger partial charge in [-0.2, -0.15) is 0 Å². The van der Waals surface area contributed by atoms with E-state index < -0.39 is 0 Å². The van der Waals surface area contributed by atoms with Gasteiger partial charge in [-0.3, -0.25) is 4.79 Å². The monoisotopic (exact) mass is 299 g/mol. The summed E-state index contributed by atoms with van der Waals surface area (Å²) in [5, 5.41) is 2.92. The van der Waals surface area contributed by atoms with Crippen molar-refractivity contribution in [3.05, 3.63) is 29.8 Å². The Hall–Kier alpha value is -1.03. The number of benzene rings is 1. The van der Waals surface area contributed by atoms with E-state index >= 15 is 0 Å². The number of hydrogen-bond donors (Lipinski definition) is 1. The molecule has 94 valence electrons. The van der Waals surface area contributed by atoms with Gasteiger partial charge >= 0.3 is 0 Å². The number of carbonyl (C=O) groups excluding carboxylic acids is 1. The van der Waals surface area contributed by atoms with Crippen LogP contribution in [0.3, 0.4) is 0 Å². The van der Waals surface area contributed by atoms with Crippen LogP contribution in [0.25, 0.3) is 0 Å². The highest BCUT2D eigenvalue weighted by Gasteiger charge is 2.13. The summed E-state index contributed by atoms with van der Waals surface area (Å²) in [7, 11) is 0. The first-order chi connectivity index (χ1) is 8.04. The Labute approximate surface area is 111 Å². The smallest absolute Gasteiger partial charge is 0.233 e. The minimum Gasteiger partial charge on any atom is -0.494 e. The fraction of sp³-hybridized carbons (Fsp3) is 0.462. The van der Waals surface area contributed by atoms with Crippen molar-refractivity contribution >= 4 is 21.8 Å². The predicted octanol–water partition coefficient (Wildman–Crippen LogP) is 3.05. The first-order valence-electron chi connectivity index (χ1n) is 5.71. The van der Waals surface area contributed by atoms with Gasteiger partial charge in [0.2, 0.25) is 5.91 Å². The lowest BCUT2D eigenvalue weighted by molar-refractivity contribution is -0.120. The van der Waals surface area contributed by atoms with Crippen LogP contribution in [-0.2, 0) is 4.79 Å². The van der Waals surface area contributed by atoms with Crippen LogP contribution in [0.5, 0.6) is 5.75 Å². The Kier molecular flexibility index (Phi) is 5.48. The standard InChI is InChI=1S/C13H18BrNO2/c1-4-17-12-7-5-6-11(8-12)10(3)15-13(16)9(2)14/h5-10H,4H2,1-3H3,(H,15,16)/t9-,10+/m1/s1. The third-order valence-corrected chi connectivity index (χ3v) is 2.80. The summed E-state index contributed by atoms with van der Waals surface area (Å²) < 4.78 is 5.43. The molecule has 17 heavy (non-hydrogen) atoms. The first-order valence-corrected chi connectivity index (χ1v) is 6.63. The van der Waals surface area contributed by atoms with E-state index in [1.807, 2.05) is 38.1 Å². The van der Waals surface area contributed by atoms with Gasteiger partial charge in [0.05, 0.1) is 17.5 Å². The van der Waals surface area contributed by atoms with Crippen molar-refractivity contribution in [2.45, 2.75) is 31.6 Å². The summed E-state index contributed by atoms with van der Waals surface area (Å²) in [4.78, 5) is 11.4. The number of ether oxygens (including phenoxy) is 1. The number of carbonyl (C=O) groups is 1. The molecule has 0 unspecified atom stereocenters. The molecule has 2 atom stereocenters. The number of hydrogen-bond acceptors (Lipinski definition) is 2. The van der Waals surface area contributed by atoms with Gasteiger partial charge in [0.15, 0.2) is 0 Å². The fourth-order valence-electron chi connectivity index (χ4n) is 1.45. The normalized spacial score (nSPS) is 13.9. The van der Waals surface area contributed by atoms with Crippen LogP contribution in [0.15, 0.2) is 24.3 Å². The average molecular weight is 300 g/mol. The Bertz CT molecular complexity index is 379. The van der Waals surface area contributed by atoms with Crippen molar-refractivity contribution in [2.24, 2.45) is 0 Å². The zero-order valence-electron chi connectivity index (χ0n) is 10.4. The molecule has 0 aliphatic heterocycles. The molecular weight excluding hydrogens is 282 g/mol. The number of halogens is 1. The molecule has 4 heteroatoms. The topological polar surface area (TPSA) is 38.3 Å². The lowest BCUT2D eigenvalue weighted by Crippen LogP contribution is -2.31. The third-order valence-electron chi connectivity index (χ3n) is 2.39. The number of alkyl halides is 1. The first kappa shape index (κ1) is 14.0. The average Bonchev–Trinajstić information content (AvgIpc) is 2.29. The molecule has 0 aliphatic carbocycles. The van der Waals surface area contributed by atoms with Crippen molar-refractivity contribution in [1.82, 2.24) is 5.32 Å². The van der Waals surface area contributed by atoms with Gasteiger partial charge in [-0.05, 0) is 38.5 Å². The molecule has 0 saturated heterocycles. The summed E-state index contributed by atoms with van der Waals surface area (Å²) in [6.07, 6.45) is 0. The molecule has 0 heterocycles. The Morgan fingerprint density at radius 1 is 1.47 bits per heavy atom. The fourth-order valence-corrected chi connectivity index (χ4v) is 1.58. The highest BCUT2D eigenvalue weighted by molar-refractivity contribution is 9.10. The third kappa shape index (κ3) is 4.38. The van der Waals surface area contributed by atoms with E-state index in [2.05, 4.69) is 21.2 Å². The quantitative estimate of drug-likeness (QED) is 0.849. The van der Waals surface area contributed by atoms with E-state index in [-0.39, 0.29) is 16.8 Å². The molecule has 0 aromatic heterocycles. The van der Waals surface area contributed by atoms with Gasteiger partial charge in [-0.25, -0.2) is 0 Å². The summed E-state index contributed by atoms with van der Waals surface area (Å²) in [6.45, 7) is 6.35. The molecule has 0 bridgehead atoms. The van der Waals surface area contributed by atoms with E-state index in [1.165, 1.54) is 0 Å². The molecule has 1 aromatic carbocycles. The Balaban J connectivity index is 2.71. The van der Waals surface area contributed by atoms with Crippen molar-refractivity contribution < 1.29 is 9.53 Å². The van der Waals surface area contributed by atoms with E-state index in [0.717, 1.165) is 11.3 Å². The summed E-state index contributed by atoms with van der Waals surface area (Å²) >= 11 is 3.24. The molecule has 0 saturated carbocycles. The zero-order chi connectivity index (χ0) is 12.8. The van der Waals surface area contributed by atoms with Crippen LogP contribution in [0.4, 0.5) is 0 Å². The van der Waals surface area contributed by atoms with Crippen LogP contribution in [-0.4, -0.2) is 17.3 Å². The Morgan fingerprint density at radius 3 is 2.76 bits per heavy atom. The van der Waals surface area contributed by atoms with Crippen molar-refractivity contribution in [3.8, 4) is 5.75 Å².